The van der Waals surface area contributed by atoms with E-state index in [0.717, 1.165) is 24.6 Å². The zero-order valence-electron chi connectivity index (χ0n) is 13.7. The lowest BCUT2D eigenvalue weighted by Gasteiger charge is -2.28. The Bertz CT molecular complexity index is 383. The summed E-state index contributed by atoms with van der Waals surface area (Å²) in [5.74, 6) is 2.22. The van der Waals surface area contributed by atoms with Crippen LogP contribution in [0.5, 0.6) is 5.88 Å². The van der Waals surface area contributed by atoms with E-state index < -0.39 is 0 Å². The first-order valence-electron chi connectivity index (χ1n) is 8.79. The fraction of sp³-hybridized carbons (Fsp3) is 0.778. The molecule has 1 fully saturated rings. The second-order valence-corrected chi connectivity index (χ2v) is 6.36. The molecule has 1 aliphatic carbocycles. The maximum Gasteiger partial charge on any atom is 0.233 e. The molecule has 0 aromatic carbocycles. The first-order valence-corrected chi connectivity index (χ1v) is 8.79. The van der Waals surface area contributed by atoms with Crippen LogP contribution in [0.4, 0.5) is 0 Å². The molecule has 0 atom stereocenters. The van der Waals surface area contributed by atoms with E-state index >= 15 is 0 Å². The molecule has 2 rings (SSSR count). The van der Waals surface area contributed by atoms with Crippen LogP contribution in [-0.4, -0.2) is 16.8 Å². The third-order valence-corrected chi connectivity index (χ3v) is 4.60. The molecule has 0 N–H and O–H groups in total. The smallest absolute Gasteiger partial charge is 0.233 e. The molecule has 1 aromatic rings. The van der Waals surface area contributed by atoms with Gasteiger partial charge in [-0.2, -0.15) is 5.10 Å². The number of unbranched alkanes of at least 4 members (excludes halogenated alkanes) is 2. The summed E-state index contributed by atoms with van der Waals surface area (Å²) in [6, 6.07) is 4.09. The zero-order valence-corrected chi connectivity index (χ0v) is 13.7. The Hall–Kier alpha value is -1.12. The SMILES string of the molecule is CCCCC[C@H]1CC[C@H](c2ccc(OCCC)nn2)CC1. The molecule has 3 nitrogen and oxygen atoms in total. The summed E-state index contributed by atoms with van der Waals surface area (Å²) in [4.78, 5) is 0. The maximum atomic E-state index is 5.50. The van der Waals surface area contributed by atoms with E-state index in [-0.39, 0.29) is 0 Å². The second kappa shape index (κ2) is 9.01. The van der Waals surface area contributed by atoms with E-state index in [2.05, 4.69) is 30.1 Å². The topological polar surface area (TPSA) is 35.0 Å². The molecule has 0 amide bonds. The summed E-state index contributed by atoms with van der Waals surface area (Å²) in [5.41, 5.74) is 1.16. The molecule has 21 heavy (non-hydrogen) atoms. The van der Waals surface area contributed by atoms with Crippen LogP contribution >= 0.6 is 0 Å². The standard InChI is InChI=1S/C18H30N2O/c1-3-5-6-7-15-8-10-16(11-9-15)17-12-13-18(20-19-17)21-14-4-2/h12-13,15-16H,3-11,14H2,1-2H3/t15-,16-. The van der Waals surface area contributed by atoms with E-state index in [1.807, 2.05) is 6.07 Å². The van der Waals surface area contributed by atoms with Gasteiger partial charge in [0.25, 0.3) is 0 Å². The second-order valence-electron chi connectivity index (χ2n) is 6.36. The van der Waals surface area contributed by atoms with Crippen molar-refractivity contribution >= 4 is 0 Å². The summed E-state index contributed by atoms with van der Waals surface area (Å²) in [5, 5.41) is 8.58. The summed E-state index contributed by atoms with van der Waals surface area (Å²) < 4.78 is 5.50. The Morgan fingerprint density at radius 2 is 1.81 bits per heavy atom. The Morgan fingerprint density at radius 3 is 2.43 bits per heavy atom. The van der Waals surface area contributed by atoms with Crippen LogP contribution in [-0.2, 0) is 0 Å². The van der Waals surface area contributed by atoms with Crippen molar-refractivity contribution < 1.29 is 4.74 Å². The summed E-state index contributed by atoms with van der Waals surface area (Å²) in [6.07, 6.45) is 11.9. The van der Waals surface area contributed by atoms with Gasteiger partial charge < -0.3 is 4.74 Å². The van der Waals surface area contributed by atoms with E-state index in [4.69, 9.17) is 4.74 Å². The van der Waals surface area contributed by atoms with Gasteiger partial charge >= 0.3 is 0 Å². The highest BCUT2D eigenvalue weighted by Gasteiger charge is 2.23. The predicted molar refractivity (Wildman–Crippen MR) is 86.7 cm³/mol. The molecule has 0 radical (unpaired) electrons. The molecular weight excluding hydrogens is 260 g/mol. The van der Waals surface area contributed by atoms with Gasteiger partial charge in [0.2, 0.25) is 5.88 Å². The molecule has 0 spiro atoms. The number of ether oxygens (including phenoxy) is 1. The van der Waals surface area contributed by atoms with Crippen molar-refractivity contribution in [2.24, 2.45) is 5.92 Å². The lowest BCUT2D eigenvalue weighted by Crippen LogP contribution is -2.14. The molecule has 0 aliphatic heterocycles. The van der Waals surface area contributed by atoms with Gasteiger partial charge in [-0.15, -0.1) is 5.10 Å². The van der Waals surface area contributed by atoms with E-state index in [1.165, 1.54) is 51.4 Å². The molecular formula is C18H30N2O. The Balaban J connectivity index is 1.76. The number of nitrogens with zero attached hydrogens (tertiary/aromatic N) is 2. The van der Waals surface area contributed by atoms with Crippen molar-refractivity contribution in [1.82, 2.24) is 10.2 Å². The fourth-order valence-electron chi connectivity index (χ4n) is 3.26. The van der Waals surface area contributed by atoms with E-state index in [9.17, 15) is 0 Å². The number of rotatable bonds is 8. The van der Waals surface area contributed by atoms with Crippen LogP contribution in [0.15, 0.2) is 12.1 Å². The van der Waals surface area contributed by atoms with Gasteiger partial charge in [-0.25, -0.2) is 0 Å². The predicted octanol–water partition coefficient (Wildman–Crippen LogP) is 5.12. The molecule has 1 aromatic heterocycles. The van der Waals surface area contributed by atoms with Crippen LogP contribution in [0.25, 0.3) is 0 Å². The minimum Gasteiger partial charge on any atom is -0.477 e. The molecule has 118 valence electrons. The number of hydrogen-bond donors (Lipinski definition) is 0. The summed E-state index contributed by atoms with van der Waals surface area (Å²) in [7, 11) is 0. The molecule has 1 heterocycles. The quantitative estimate of drug-likeness (QED) is 0.623. The van der Waals surface area contributed by atoms with Gasteiger partial charge in [0.1, 0.15) is 0 Å². The molecule has 3 heteroatoms. The fourth-order valence-corrected chi connectivity index (χ4v) is 3.26. The minimum absolute atomic E-state index is 0.611. The van der Waals surface area contributed by atoms with Crippen molar-refractivity contribution in [2.45, 2.75) is 77.6 Å². The summed E-state index contributed by atoms with van der Waals surface area (Å²) in [6.45, 7) is 5.10. The van der Waals surface area contributed by atoms with Crippen LogP contribution < -0.4 is 4.74 Å². The molecule has 1 aliphatic rings. The van der Waals surface area contributed by atoms with Crippen LogP contribution in [0.1, 0.15) is 83.2 Å². The highest BCUT2D eigenvalue weighted by molar-refractivity contribution is 5.15. The average Bonchev–Trinajstić information content (AvgIpc) is 2.54. The zero-order chi connectivity index (χ0) is 14.9. The van der Waals surface area contributed by atoms with Gasteiger partial charge in [0.15, 0.2) is 0 Å². The lowest BCUT2D eigenvalue weighted by molar-refractivity contribution is 0.291. The molecule has 0 saturated heterocycles. The van der Waals surface area contributed by atoms with Gasteiger partial charge in [-0.1, -0.05) is 39.5 Å². The van der Waals surface area contributed by atoms with E-state index in [0.29, 0.717) is 11.8 Å². The Kier molecular flexibility index (Phi) is 6.98. The van der Waals surface area contributed by atoms with Crippen molar-refractivity contribution in [3.63, 3.8) is 0 Å². The van der Waals surface area contributed by atoms with Crippen molar-refractivity contribution in [3.8, 4) is 5.88 Å². The molecule has 0 bridgehead atoms. The maximum absolute atomic E-state index is 5.50. The van der Waals surface area contributed by atoms with Gasteiger partial charge in [-0.3, -0.25) is 0 Å². The van der Waals surface area contributed by atoms with Crippen molar-refractivity contribution in [2.75, 3.05) is 6.61 Å². The van der Waals surface area contributed by atoms with Crippen LogP contribution in [0, 0.1) is 5.92 Å². The highest BCUT2D eigenvalue weighted by Crippen LogP contribution is 2.37. The molecule has 0 unspecified atom stereocenters. The number of hydrogen-bond acceptors (Lipinski definition) is 3. The third kappa shape index (κ3) is 5.29. The van der Waals surface area contributed by atoms with Crippen LogP contribution in [0.3, 0.4) is 0 Å². The van der Waals surface area contributed by atoms with Gasteiger partial charge in [-0.05, 0) is 44.1 Å². The first kappa shape index (κ1) is 16.3. The minimum atomic E-state index is 0.611. The molecule has 1 saturated carbocycles. The Morgan fingerprint density at radius 1 is 1.00 bits per heavy atom. The third-order valence-electron chi connectivity index (χ3n) is 4.60. The van der Waals surface area contributed by atoms with Gasteiger partial charge in [0, 0.05) is 12.0 Å². The van der Waals surface area contributed by atoms with Crippen LogP contribution in [0.2, 0.25) is 0 Å². The number of aromatic nitrogens is 2. The highest BCUT2D eigenvalue weighted by atomic mass is 16.5. The average molecular weight is 290 g/mol. The largest absolute Gasteiger partial charge is 0.477 e. The van der Waals surface area contributed by atoms with E-state index in [1.54, 1.807) is 0 Å². The summed E-state index contributed by atoms with van der Waals surface area (Å²) >= 11 is 0. The van der Waals surface area contributed by atoms with Gasteiger partial charge in [0.05, 0.1) is 12.3 Å². The Labute approximate surface area is 129 Å². The first-order chi connectivity index (χ1) is 10.3. The lowest BCUT2D eigenvalue weighted by atomic mass is 9.78. The normalized spacial score (nSPS) is 22.2. The monoisotopic (exact) mass is 290 g/mol. The van der Waals surface area contributed by atoms with Crippen molar-refractivity contribution in [1.29, 1.82) is 0 Å². The van der Waals surface area contributed by atoms with Crippen molar-refractivity contribution in [3.05, 3.63) is 17.8 Å².